The molecule has 0 fully saturated rings. The topological polar surface area (TPSA) is 42.5 Å². The Hall–Kier alpha value is -1.75. The highest BCUT2D eigenvalue weighted by molar-refractivity contribution is 7.80. The van der Waals surface area contributed by atoms with Crippen LogP contribution in [0.4, 0.5) is 5.69 Å². The average molecular weight is 278 g/mol. The number of thiocarbonyl (C=S) groups is 1. The van der Waals surface area contributed by atoms with Crippen molar-refractivity contribution in [3.63, 3.8) is 0 Å². The molecule has 0 amide bonds. The second-order valence-electron chi connectivity index (χ2n) is 4.48. The van der Waals surface area contributed by atoms with Gasteiger partial charge in [-0.1, -0.05) is 12.2 Å². The Morgan fingerprint density at radius 2 is 2.05 bits per heavy atom. The van der Waals surface area contributed by atoms with Crippen molar-refractivity contribution in [1.82, 2.24) is 5.32 Å². The molecule has 0 aliphatic carbocycles. The van der Waals surface area contributed by atoms with Gasteiger partial charge in [0.05, 0.1) is 13.2 Å². The molecule has 0 spiro atoms. The number of hydrogen-bond acceptors (Lipinski definition) is 3. The van der Waals surface area contributed by atoms with Gasteiger partial charge < -0.3 is 20.1 Å². The molecule has 102 valence electrons. The number of ether oxygens (including phenoxy) is 2. The number of benzene rings is 1. The maximum atomic E-state index is 5.63. The molecule has 0 bridgehead atoms. The second kappa shape index (κ2) is 6.43. The van der Waals surface area contributed by atoms with E-state index in [0.29, 0.717) is 24.9 Å². The van der Waals surface area contributed by atoms with Crippen LogP contribution in [0.2, 0.25) is 0 Å². The summed E-state index contributed by atoms with van der Waals surface area (Å²) in [4.78, 5) is 0. The summed E-state index contributed by atoms with van der Waals surface area (Å²) in [5.74, 6) is 1.54. The monoisotopic (exact) mass is 278 g/mol. The Morgan fingerprint density at radius 3 is 2.79 bits per heavy atom. The summed E-state index contributed by atoms with van der Waals surface area (Å²) in [5.41, 5.74) is 1.91. The molecule has 1 aromatic rings. The van der Waals surface area contributed by atoms with Gasteiger partial charge >= 0.3 is 0 Å². The third-order valence-corrected chi connectivity index (χ3v) is 2.80. The SMILES string of the molecule is C=C(C)CNC(=S)Nc1ccc2c(c1)OCCCO2. The van der Waals surface area contributed by atoms with Crippen LogP contribution in [0.1, 0.15) is 13.3 Å². The van der Waals surface area contributed by atoms with Crippen molar-refractivity contribution in [1.29, 1.82) is 0 Å². The van der Waals surface area contributed by atoms with E-state index in [1.165, 1.54) is 0 Å². The van der Waals surface area contributed by atoms with Gasteiger partial charge in [-0.2, -0.15) is 0 Å². The minimum atomic E-state index is 0.567. The lowest BCUT2D eigenvalue weighted by atomic mass is 10.3. The van der Waals surface area contributed by atoms with Crippen molar-refractivity contribution in [2.24, 2.45) is 0 Å². The third kappa shape index (κ3) is 4.13. The number of rotatable bonds is 3. The fourth-order valence-corrected chi connectivity index (χ4v) is 1.84. The Morgan fingerprint density at radius 1 is 1.32 bits per heavy atom. The average Bonchev–Trinajstić information content (AvgIpc) is 2.61. The first-order valence-electron chi connectivity index (χ1n) is 6.24. The molecule has 19 heavy (non-hydrogen) atoms. The van der Waals surface area contributed by atoms with E-state index in [9.17, 15) is 0 Å². The lowest BCUT2D eigenvalue weighted by molar-refractivity contribution is 0.297. The molecule has 0 aromatic heterocycles. The minimum absolute atomic E-state index is 0.567. The van der Waals surface area contributed by atoms with Gasteiger partial charge in [-0.25, -0.2) is 0 Å². The van der Waals surface area contributed by atoms with E-state index in [4.69, 9.17) is 21.7 Å². The van der Waals surface area contributed by atoms with Crippen molar-refractivity contribution < 1.29 is 9.47 Å². The maximum Gasteiger partial charge on any atom is 0.171 e. The van der Waals surface area contributed by atoms with Crippen LogP contribution in [0.25, 0.3) is 0 Å². The Bertz CT molecular complexity index is 488. The number of nitrogens with one attached hydrogen (secondary N) is 2. The summed E-state index contributed by atoms with van der Waals surface area (Å²) < 4.78 is 11.2. The summed E-state index contributed by atoms with van der Waals surface area (Å²) in [6.45, 7) is 7.79. The van der Waals surface area contributed by atoms with E-state index >= 15 is 0 Å². The van der Waals surface area contributed by atoms with Crippen LogP contribution in [0.3, 0.4) is 0 Å². The molecular weight excluding hydrogens is 260 g/mol. The van der Waals surface area contributed by atoms with Crippen molar-refractivity contribution in [3.8, 4) is 11.5 Å². The number of hydrogen-bond donors (Lipinski definition) is 2. The van der Waals surface area contributed by atoms with Crippen LogP contribution >= 0.6 is 12.2 Å². The molecule has 1 aliphatic heterocycles. The van der Waals surface area contributed by atoms with Gasteiger partial charge in [0.15, 0.2) is 16.6 Å². The normalized spacial score (nSPS) is 13.3. The van der Waals surface area contributed by atoms with E-state index in [2.05, 4.69) is 17.2 Å². The predicted octanol–water partition coefficient (Wildman–Crippen LogP) is 2.71. The minimum Gasteiger partial charge on any atom is -0.490 e. The van der Waals surface area contributed by atoms with Gasteiger partial charge in [0.1, 0.15) is 0 Å². The van der Waals surface area contributed by atoms with Gasteiger partial charge in [-0.15, -0.1) is 0 Å². The predicted molar refractivity (Wildman–Crippen MR) is 81.1 cm³/mol. The first-order chi connectivity index (χ1) is 9.15. The molecule has 4 nitrogen and oxygen atoms in total. The molecule has 0 radical (unpaired) electrons. The molecule has 0 saturated carbocycles. The van der Waals surface area contributed by atoms with E-state index in [1.54, 1.807) is 0 Å². The van der Waals surface area contributed by atoms with Crippen molar-refractivity contribution in [2.75, 3.05) is 25.1 Å². The second-order valence-corrected chi connectivity index (χ2v) is 4.89. The van der Waals surface area contributed by atoms with E-state index < -0.39 is 0 Å². The van der Waals surface area contributed by atoms with Crippen LogP contribution in [-0.2, 0) is 0 Å². The first kappa shape index (κ1) is 13.7. The summed E-state index contributed by atoms with van der Waals surface area (Å²) in [7, 11) is 0. The number of fused-ring (bicyclic) bond motifs is 1. The van der Waals surface area contributed by atoms with Crippen LogP contribution < -0.4 is 20.1 Å². The van der Waals surface area contributed by atoms with Crippen molar-refractivity contribution in [2.45, 2.75) is 13.3 Å². The Balaban J connectivity index is 1.99. The molecule has 1 heterocycles. The highest BCUT2D eigenvalue weighted by atomic mass is 32.1. The molecule has 0 atom stereocenters. The lowest BCUT2D eigenvalue weighted by Crippen LogP contribution is -2.29. The van der Waals surface area contributed by atoms with Gasteiger partial charge in [0, 0.05) is 24.7 Å². The molecule has 0 saturated heterocycles. The Kier molecular flexibility index (Phi) is 4.63. The zero-order valence-electron chi connectivity index (χ0n) is 11.0. The van der Waals surface area contributed by atoms with Crippen molar-refractivity contribution in [3.05, 3.63) is 30.4 Å². The largest absolute Gasteiger partial charge is 0.490 e. The van der Waals surface area contributed by atoms with E-state index in [-0.39, 0.29) is 0 Å². The fourth-order valence-electron chi connectivity index (χ4n) is 1.65. The van der Waals surface area contributed by atoms with E-state index in [1.807, 2.05) is 25.1 Å². The zero-order chi connectivity index (χ0) is 13.7. The quantitative estimate of drug-likeness (QED) is 0.657. The first-order valence-corrected chi connectivity index (χ1v) is 6.65. The fraction of sp³-hybridized carbons (Fsp3) is 0.357. The van der Waals surface area contributed by atoms with Crippen LogP contribution in [0, 0.1) is 0 Å². The molecule has 1 aromatic carbocycles. The standard InChI is InChI=1S/C14H18N2O2S/c1-10(2)9-15-14(19)16-11-4-5-12-13(8-11)18-7-3-6-17-12/h4-5,8H,1,3,6-7,9H2,2H3,(H2,15,16,19). The van der Waals surface area contributed by atoms with Crippen LogP contribution in [-0.4, -0.2) is 24.9 Å². The van der Waals surface area contributed by atoms with Gasteiger partial charge in [-0.05, 0) is 31.3 Å². The lowest BCUT2D eigenvalue weighted by Gasteiger charge is -2.13. The van der Waals surface area contributed by atoms with Gasteiger partial charge in [0.25, 0.3) is 0 Å². The molecule has 1 aliphatic rings. The molecule has 0 unspecified atom stereocenters. The third-order valence-electron chi connectivity index (χ3n) is 2.56. The summed E-state index contributed by atoms with van der Waals surface area (Å²) >= 11 is 5.20. The summed E-state index contributed by atoms with van der Waals surface area (Å²) in [5, 5.41) is 6.75. The van der Waals surface area contributed by atoms with E-state index in [0.717, 1.165) is 29.2 Å². The summed E-state index contributed by atoms with van der Waals surface area (Å²) in [6.07, 6.45) is 0.899. The zero-order valence-corrected chi connectivity index (χ0v) is 11.8. The molecular formula is C14H18N2O2S. The van der Waals surface area contributed by atoms with Crippen LogP contribution in [0.15, 0.2) is 30.4 Å². The highest BCUT2D eigenvalue weighted by Crippen LogP contribution is 2.32. The molecule has 2 rings (SSSR count). The van der Waals surface area contributed by atoms with Crippen LogP contribution in [0.5, 0.6) is 11.5 Å². The summed E-state index contributed by atoms with van der Waals surface area (Å²) in [6, 6.07) is 5.71. The Labute approximate surface area is 118 Å². The van der Waals surface area contributed by atoms with Crippen molar-refractivity contribution >= 4 is 23.0 Å². The van der Waals surface area contributed by atoms with Gasteiger partial charge in [-0.3, -0.25) is 0 Å². The molecule has 5 heteroatoms. The van der Waals surface area contributed by atoms with Gasteiger partial charge in [0.2, 0.25) is 0 Å². The smallest absolute Gasteiger partial charge is 0.171 e. The molecule has 2 N–H and O–H groups in total. The number of anilines is 1. The highest BCUT2D eigenvalue weighted by Gasteiger charge is 2.10. The maximum absolute atomic E-state index is 5.63.